The van der Waals surface area contributed by atoms with Crippen LogP contribution < -0.4 is 5.32 Å². The Bertz CT molecular complexity index is 339. The SMILES string of the molecule is CCN(C(C)C)S(=O)(=O)N(C)CCCNC1CC1. The summed E-state index contributed by atoms with van der Waals surface area (Å²) in [6.07, 6.45) is 3.40. The second-order valence-electron chi connectivity index (χ2n) is 5.21. The molecule has 0 saturated heterocycles. The van der Waals surface area contributed by atoms with E-state index in [0.717, 1.165) is 13.0 Å². The molecule has 0 spiro atoms. The fraction of sp³-hybridized carbons (Fsp3) is 1.00. The van der Waals surface area contributed by atoms with Gasteiger partial charge in [-0.15, -0.1) is 0 Å². The van der Waals surface area contributed by atoms with Gasteiger partial charge in [0.1, 0.15) is 0 Å². The Hall–Kier alpha value is -0.170. The summed E-state index contributed by atoms with van der Waals surface area (Å²) < 4.78 is 27.5. The standard InChI is InChI=1S/C12H27N3O2S/c1-5-15(11(2)3)18(16,17)14(4)10-6-9-13-12-7-8-12/h11-13H,5-10H2,1-4H3. The molecule has 0 heterocycles. The molecular weight excluding hydrogens is 250 g/mol. The third kappa shape index (κ3) is 4.50. The van der Waals surface area contributed by atoms with Gasteiger partial charge in [-0.05, 0) is 39.7 Å². The van der Waals surface area contributed by atoms with E-state index in [1.54, 1.807) is 7.05 Å². The van der Waals surface area contributed by atoms with Crippen LogP contribution in [0.1, 0.15) is 40.0 Å². The quantitative estimate of drug-likeness (QED) is 0.641. The summed E-state index contributed by atoms with van der Waals surface area (Å²) in [5.41, 5.74) is 0. The number of rotatable bonds is 9. The predicted molar refractivity (Wildman–Crippen MR) is 74.7 cm³/mol. The van der Waals surface area contributed by atoms with Gasteiger partial charge in [0.2, 0.25) is 0 Å². The molecule has 0 bridgehead atoms. The van der Waals surface area contributed by atoms with Crippen LogP contribution in [0.5, 0.6) is 0 Å². The van der Waals surface area contributed by atoms with Crippen molar-refractivity contribution in [3.63, 3.8) is 0 Å². The van der Waals surface area contributed by atoms with E-state index in [2.05, 4.69) is 5.32 Å². The second kappa shape index (κ2) is 6.84. The van der Waals surface area contributed by atoms with Crippen LogP contribution >= 0.6 is 0 Å². The minimum absolute atomic E-state index is 0.00652. The van der Waals surface area contributed by atoms with Gasteiger partial charge in [0.15, 0.2) is 0 Å². The zero-order chi connectivity index (χ0) is 13.8. The lowest BCUT2D eigenvalue weighted by Gasteiger charge is -2.29. The summed E-state index contributed by atoms with van der Waals surface area (Å²) in [4.78, 5) is 0. The van der Waals surface area contributed by atoms with E-state index in [1.165, 1.54) is 21.5 Å². The first-order valence-corrected chi connectivity index (χ1v) is 8.25. The summed E-state index contributed by atoms with van der Waals surface area (Å²) >= 11 is 0. The lowest BCUT2D eigenvalue weighted by molar-refractivity contribution is 0.327. The molecule has 0 unspecified atom stereocenters. The molecule has 0 aromatic carbocycles. The molecule has 1 fully saturated rings. The number of nitrogens with one attached hydrogen (secondary N) is 1. The van der Waals surface area contributed by atoms with Crippen molar-refractivity contribution >= 4 is 10.2 Å². The minimum Gasteiger partial charge on any atom is -0.314 e. The first-order chi connectivity index (χ1) is 8.39. The van der Waals surface area contributed by atoms with E-state index in [9.17, 15) is 8.42 Å². The third-order valence-corrected chi connectivity index (χ3v) is 5.48. The third-order valence-electron chi connectivity index (χ3n) is 3.24. The van der Waals surface area contributed by atoms with E-state index in [1.807, 2.05) is 20.8 Å². The molecule has 1 aliphatic carbocycles. The van der Waals surface area contributed by atoms with Crippen molar-refractivity contribution in [3.8, 4) is 0 Å². The zero-order valence-corrected chi connectivity index (χ0v) is 12.8. The van der Waals surface area contributed by atoms with Crippen LogP contribution in [-0.2, 0) is 10.2 Å². The van der Waals surface area contributed by atoms with Gasteiger partial charge < -0.3 is 5.32 Å². The highest BCUT2D eigenvalue weighted by Gasteiger charge is 2.27. The molecule has 1 saturated carbocycles. The van der Waals surface area contributed by atoms with Crippen molar-refractivity contribution in [3.05, 3.63) is 0 Å². The second-order valence-corrected chi connectivity index (χ2v) is 7.20. The topological polar surface area (TPSA) is 52.7 Å². The smallest absolute Gasteiger partial charge is 0.281 e. The largest absolute Gasteiger partial charge is 0.314 e. The molecule has 1 rings (SSSR count). The Labute approximate surface area is 112 Å². The van der Waals surface area contributed by atoms with E-state index in [4.69, 9.17) is 0 Å². The van der Waals surface area contributed by atoms with Crippen molar-refractivity contribution in [1.29, 1.82) is 0 Å². The Kier molecular flexibility index (Phi) is 6.04. The number of nitrogens with zero attached hydrogens (tertiary/aromatic N) is 2. The van der Waals surface area contributed by atoms with E-state index < -0.39 is 10.2 Å². The van der Waals surface area contributed by atoms with Gasteiger partial charge in [0.25, 0.3) is 10.2 Å². The monoisotopic (exact) mass is 277 g/mol. The Balaban J connectivity index is 2.38. The molecular formula is C12H27N3O2S. The van der Waals surface area contributed by atoms with E-state index in [-0.39, 0.29) is 6.04 Å². The van der Waals surface area contributed by atoms with Gasteiger partial charge in [-0.25, -0.2) is 0 Å². The Morgan fingerprint density at radius 1 is 1.33 bits per heavy atom. The Morgan fingerprint density at radius 3 is 2.39 bits per heavy atom. The average Bonchev–Trinajstić information content (AvgIpc) is 3.07. The first-order valence-electron chi connectivity index (χ1n) is 6.86. The predicted octanol–water partition coefficient (Wildman–Crippen LogP) is 1.04. The summed E-state index contributed by atoms with van der Waals surface area (Å²) in [6, 6.07) is 0.696. The minimum atomic E-state index is -3.30. The normalized spacial score (nSPS) is 17.1. The van der Waals surface area contributed by atoms with Crippen molar-refractivity contribution in [2.75, 3.05) is 26.7 Å². The van der Waals surface area contributed by atoms with Crippen molar-refractivity contribution < 1.29 is 8.42 Å². The van der Waals surface area contributed by atoms with Gasteiger partial charge in [0.05, 0.1) is 0 Å². The van der Waals surface area contributed by atoms with Crippen LogP contribution in [-0.4, -0.2) is 55.8 Å². The maximum Gasteiger partial charge on any atom is 0.281 e. The lowest BCUT2D eigenvalue weighted by Crippen LogP contribution is -2.45. The van der Waals surface area contributed by atoms with Crippen LogP contribution in [0.25, 0.3) is 0 Å². The average molecular weight is 277 g/mol. The molecule has 0 radical (unpaired) electrons. The van der Waals surface area contributed by atoms with Crippen LogP contribution in [0.15, 0.2) is 0 Å². The molecule has 0 aromatic heterocycles. The van der Waals surface area contributed by atoms with Gasteiger partial charge in [-0.1, -0.05) is 6.92 Å². The molecule has 5 nitrogen and oxygen atoms in total. The number of hydrogen-bond donors (Lipinski definition) is 1. The van der Waals surface area contributed by atoms with Crippen LogP contribution in [0.2, 0.25) is 0 Å². The molecule has 18 heavy (non-hydrogen) atoms. The van der Waals surface area contributed by atoms with Crippen LogP contribution in [0, 0.1) is 0 Å². The van der Waals surface area contributed by atoms with Crippen molar-refractivity contribution in [1.82, 2.24) is 13.9 Å². The molecule has 108 valence electrons. The molecule has 1 N–H and O–H groups in total. The van der Waals surface area contributed by atoms with Crippen molar-refractivity contribution in [2.24, 2.45) is 0 Å². The summed E-state index contributed by atoms with van der Waals surface area (Å²) in [5.74, 6) is 0. The first kappa shape index (κ1) is 15.9. The Morgan fingerprint density at radius 2 is 1.94 bits per heavy atom. The molecule has 0 atom stereocenters. The number of hydrogen-bond acceptors (Lipinski definition) is 3. The molecule has 0 aromatic rings. The summed E-state index contributed by atoms with van der Waals surface area (Å²) in [5, 5.41) is 3.39. The van der Waals surface area contributed by atoms with Gasteiger partial charge in [-0.3, -0.25) is 0 Å². The van der Waals surface area contributed by atoms with Crippen molar-refractivity contribution in [2.45, 2.75) is 52.1 Å². The molecule has 0 aliphatic heterocycles. The van der Waals surface area contributed by atoms with Gasteiger partial charge in [0, 0.05) is 32.2 Å². The lowest BCUT2D eigenvalue weighted by atomic mass is 10.4. The highest BCUT2D eigenvalue weighted by molar-refractivity contribution is 7.86. The van der Waals surface area contributed by atoms with Crippen LogP contribution in [0.4, 0.5) is 0 Å². The molecule has 1 aliphatic rings. The maximum atomic E-state index is 12.3. The van der Waals surface area contributed by atoms with E-state index >= 15 is 0 Å². The fourth-order valence-electron chi connectivity index (χ4n) is 1.98. The van der Waals surface area contributed by atoms with E-state index in [0.29, 0.717) is 19.1 Å². The zero-order valence-electron chi connectivity index (χ0n) is 12.0. The molecule has 0 amide bonds. The highest BCUT2D eigenvalue weighted by atomic mass is 32.2. The molecule has 6 heteroatoms. The van der Waals surface area contributed by atoms with Crippen LogP contribution in [0.3, 0.4) is 0 Å². The summed E-state index contributed by atoms with van der Waals surface area (Å²) in [6.45, 7) is 7.68. The summed E-state index contributed by atoms with van der Waals surface area (Å²) in [7, 11) is -1.63. The fourth-order valence-corrected chi connectivity index (χ4v) is 3.56. The van der Waals surface area contributed by atoms with Gasteiger partial charge >= 0.3 is 0 Å². The van der Waals surface area contributed by atoms with Gasteiger partial charge in [-0.2, -0.15) is 17.0 Å². The maximum absolute atomic E-state index is 12.3. The highest BCUT2D eigenvalue weighted by Crippen LogP contribution is 2.18.